The Labute approximate surface area is 115 Å². The average Bonchev–Trinajstić information content (AvgIpc) is 2.54. The average molecular weight is 250 g/mol. The lowest BCUT2D eigenvalue weighted by atomic mass is 9.79. The number of nitrogens with zero attached hydrogens (tertiary/aromatic N) is 1. The molecule has 0 saturated carbocycles. The fourth-order valence-electron chi connectivity index (χ4n) is 4.38. The summed E-state index contributed by atoms with van der Waals surface area (Å²) in [7, 11) is 4.78. The highest BCUT2D eigenvalue weighted by atomic mass is 15.4. The summed E-state index contributed by atoms with van der Waals surface area (Å²) >= 11 is 0. The van der Waals surface area contributed by atoms with E-state index in [0.29, 0.717) is 6.04 Å². The smallest absolute Gasteiger partial charge is 0.148 e. The van der Waals surface area contributed by atoms with E-state index in [0.717, 1.165) is 10.9 Å². The first-order chi connectivity index (χ1) is 9.07. The highest BCUT2D eigenvalue weighted by Gasteiger charge is 2.60. The minimum absolute atomic E-state index is 0.0934. The number of hydrogen-bond acceptors (Lipinski definition) is 0. The summed E-state index contributed by atoms with van der Waals surface area (Å²) in [6.45, 7) is 2.42. The SMILES string of the molecule is C[C@@]12c3ccccc3C[C@@H](c3ccccc31)[N+]2(C)C. The summed E-state index contributed by atoms with van der Waals surface area (Å²) in [5, 5.41) is 0. The molecular weight excluding hydrogens is 230 g/mol. The lowest BCUT2D eigenvalue weighted by molar-refractivity contribution is -0.964. The third-order valence-corrected chi connectivity index (χ3v) is 5.73. The Morgan fingerprint density at radius 2 is 1.58 bits per heavy atom. The number of benzene rings is 2. The quantitative estimate of drug-likeness (QED) is 0.626. The Morgan fingerprint density at radius 3 is 2.37 bits per heavy atom. The molecule has 0 radical (unpaired) electrons. The summed E-state index contributed by atoms with van der Waals surface area (Å²) in [5.74, 6) is 0. The predicted molar refractivity (Wildman–Crippen MR) is 77.9 cm³/mol. The van der Waals surface area contributed by atoms with Gasteiger partial charge in [-0.15, -0.1) is 0 Å². The molecule has 96 valence electrons. The van der Waals surface area contributed by atoms with Crippen LogP contribution in [0.4, 0.5) is 0 Å². The molecule has 0 aromatic heterocycles. The van der Waals surface area contributed by atoms with Crippen LogP contribution in [0.5, 0.6) is 0 Å². The molecule has 1 heteroatoms. The van der Waals surface area contributed by atoms with Gasteiger partial charge in [-0.2, -0.15) is 0 Å². The van der Waals surface area contributed by atoms with Gasteiger partial charge in [0.1, 0.15) is 11.6 Å². The maximum atomic E-state index is 2.42. The molecule has 0 spiro atoms. The first-order valence-electron chi connectivity index (χ1n) is 7.08. The van der Waals surface area contributed by atoms with E-state index < -0.39 is 0 Å². The second-order valence-electron chi connectivity index (χ2n) is 6.58. The minimum atomic E-state index is 0.0934. The highest BCUT2D eigenvalue weighted by molar-refractivity contribution is 5.51. The van der Waals surface area contributed by atoms with Gasteiger partial charge in [0.05, 0.1) is 14.1 Å². The molecule has 0 N–H and O–H groups in total. The Balaban J connectivity index is 2.12. The number of hydrogen-bond donors (Lipinski definition) is 0. The monoisotopic (exact) mass is 250 g/mol. The van der Waals surface area contributed by atoms with E-state index in [1.54, 1.807) is 5.56 Å². The molecule has 0 amide bonds. The standard InChI is InChI=1S/C18H20N/c1-18-15-10-6-4-8-13(15)12-17(19(18,2)3)14-9-5-7-11-16(14)18/h4-11,17H,12H2,1-3H3/q+1/t17-,18+/m0/s1. The third-order valence-electron chi connectivity index (χ3n) is 5.73. The normalized spacial score (nSPS) is 29.7. The fourth-order valence-corrected chi connectivity index (χ4v) is 4.38. The van der Waals surface area contributed by atoms with Gasteiger partial charge in [-0.3, -0.25) is 0 Å². The molecule has 19 heavy (non-hydrogen) atoms. The lowest BCUT2D eigenvalue weighted by Gasteiger charge is -2.49. The van der Waals surface area contributed by atoms with E-state index in [1.807, 2.05) is 0 Å². The van der Waals surface area contributed by atoms with Crippen LogP contribution in [0.1, 0.15) is 35.2 Å². The minimum Gasteiger partial charge on any atom is -0.310 e. The zero-order chi connectivity index (χ0) is 13.3. The molecule has 2 aromatic rings. The van der Waals surface area contributed by atoms with Crippen LogP contribution in [-0.4, -0.2) is 18.6 Å². The summed E-state index contributed by atoms with van der Waals surface area (Å²) in [5.41, 5.74) is 6.21. The zero-order valence-corrected chi connectivity index (χ0v) is 11.9. The van der Waals surface area contributed by atoms with Gasteiger partial charge in [-0.1, -0.05) is 48.5 Å². The Morgan fingerprint density at radius 1 is 0.947 bits per heavy atom. The number of rotatable bonds is 0. The van der Waals surface area contributed by atoms with E-state index >= 15 is 0 Å². The molecule has 2 aliphatic rings. The summed E-state index contributed by atoms with van der Waals surface area (Å²) in [4.78, 5) is 0. The highest BCUT2D eigenvalue weighted by Crippen LogP contribution is 2.58. The Hall–Kier alpha value is -1.60. The van der Waals surface area contributed by atoms with Crippen LogP contribution < -0.4 is 0 Å². The molecule has 2 heterocycles. The van der Waals surface area contributed by atoms with Crippen molar-refractivity contribution in [3.63, 3.8) is 0 Å². The van der Waals surface area contributed by atoms with E-state index in [-0.39, 0.29) is 5.54 Å². The molecule has 2 bridgehead atoms. The van der Waals surface area contributed by atoms with Crippen LogP contribution >= 0.6 is 0 Å². The van der Waals surface area contributed by atoms with Crippen LogP contribution in [0.2, 0.25) is 0 Å². The zero-order valence-electron chi connectivity index (χ0n) is 11.9. The topological polar surface area (TPSA) is 0 Å². The van der Waals surface area contributed by atoms with E-state index in [4.69, 9.17) is 0 Å². The summed E-state index contributed by atoms with van der Waals surface area (Å²) < 4.78 is 1.04. The summed E-state index contributed by atoms with van der Waals surface area (Å²) in [6.07, 6.45) is 1.16. The van der Waals surface area contributed by atoms with Gasteiger partial charge in [0.15, 0.2) is 0 Å². The molecule has 0 saturated heterocycles. The maximum Gasteiger partial charge on any atom is 0.148 e. The van der Waals surface area contributed by atoms with E-state index in [9.17, 15) is 0 Å². The largest absolute Gasteiger partial charge is 0.310 e. The van der Waals surface area contributed by atoms with Crippen LogP contribution in [-0.2, 0) is 12.0 Å². The second-order valence-corrected chi connectivity index (χ2v) is 6.58. The number of quaternary nitrogens is 1. The van der Waals surface area contributed by atoms with Crippen LogP contribution in [0.3, 0.4) is 0 Å². The van der Waals surface area contributed by atoms with Gasteiger partial charge in [0.2, 0.25) is 0 Å². The molecular formula is C18H20N+. The fraction of sp³-hybridized carbons (Fsp3) is 0.333. The van der Waals surface area contributed by atoms with E-state index in [2.05, 4.69) is 69.6 Å². The third kappa shape index (κ3) is 1.11. The maximum absolute atomic E-state index is 2.42. The van der Waals surface area contributed by atoms with E-state index in [1.165, 1.54) is 16.7 Å². The lowest BCUT2D eigenvalue weighted by Crippen LogP contribution is -2.56. The van der Waals surface area contributed by atoms with Crippen molar-refractivity contribution in [1.29, 1.82) is 0 Å². The van der Waals surface area contributed by atoms with Gasteiger partial charge in [0.25, 0.3) is 0 Å². The molecule has 2 aliphatic heterocycles. The molecule has 4 rings (SSSR count). The van der Waals surface area contributed by atoms with Crippen LogP contribution in [0.25, 0.3) is 0 Å². The first-order valence-corrected chi connectivity index (χ1v) is 7.08. The van der Waals surface area contributed by atoms with Crippen molar-refractivity contribution in [3.8, 4) is 0 Å². The van der Waals surface area contributed by atoms with Crippen molar-refractivity contribution >= 4 is 0 Å². The number of fused-ring (bicyclic) bond motifs is 7. The van der Waals surface area contributed by atoms with Gasteiger partial charge >= 0.3 is 0 Å². The number of likely N-dealkylation sites (N-methyl/N-ethyl adjacent to an activating group) is 1. The molecule has 0 fully saturated rings. The van der Waals surface area contributed by atoms with Gasteiger partial charge in [-0.05, 0) is 12.5 Å². The predicted octanol–water partition coefficient (Wildman–Crippen LogP) is 3.64. The van der Waals surface area contributed by atoms with Crippen molar-refractivity contribution < 1.29 is 4.48 Å². The van der Waals surface area contributed by atoms with Crippen LogP contribution in [0.15, 0.2) is 48.5 Å². The van der Waals surface area contributed by atoms with Crippen molar-refractivity contribution in [3.05, 3.63) is 70.8 Å². The first kappa shape index (κ1) is 11.2. The Bertz CT molecular complexity index is 658. The van der Waals surface area contributed by atoms with Gasteiger partial charge < -0.3 is 4.48 Å². The van der Waals surface area contributed by atoms with Crippen molar-refractivity contribution in [2.45, 2.75) is 24.9 Å². The molecule has 2 aromatic carbocycles. The molecule has 0 unspecified atom stereocenters. The summed E-state index contributed by atoms with van der Waals surface area (Å²) in [6, 6.07) is 18.6. The molecule has 2 atom stereocenters. The van der Waals surface area contributed by atoms with Gasteiger partial charge in [0, 0.05) is 23.1 Å². The molecule has 0 aliphatic carbocycles. The van der Waals surface area contributed by atoms with Crippen molar-refractivity contribution in [2.75, 3.05) is 14.1 Å². The van der Waals surface area contributed by atoms with Crippen molar-refractivity contribution in [1.82, 2.24) is 0 Å². The second kappa shape index (κ2) is 3.29. The van der Waals surface area contributed by atoms with Crippen LogP contribution in [0, 0.1) is 0 Å². The van der Waals surface area contributed by atoms with Crippen molar-refractivity contribution in [2.24, 2.45) is 0 Å². The van der Waals surface area contributed by atoms with Gasteiger partial charge in [-0.25, -0.2) is 0 Å². The Kier molecular flexibility index (Phi) is 1.95. The molecule has 1 nitrogen and oxygen atoms in total.